The molecular weight excluding hydrogens is 396 g/mol. The van der Waals surface area contributed by atoms with Crippen molar-refractivity contribution in [2.24, 2.45) is 0 Å². The molecule has 3 aromatic heterocycles. The molecule has 0 unspecified atom stereocenters. The van der Waals surface area contributed by atoms with Crippen molar-refractivity contribution >= 4 is 16.6 Å². The molecule has 4 heterocycles. The summed E-state index contributed by atoms with van der Waals surface area (Å²) < 4.78 is 2.02. The summed E-state index contributed by atoms with van der Waals surface area (Å²) in [6.07, 6.45) is 6.18. The summed E-state index contributed by atoms with van der Waals surface area (Å²) in [5.74, 6) is 0.961. The van der Waals surface area contributed by atoms with E-state index in [0.717, 1.165) is 31.6 Å². The number of benzene rings is 1. The van der Waals surface area contributed by atoms with Gasteiger partial charge in [0.25, 0.3) is 6.67 Å². The van der Waals surface area contributed by atoms with Gasteiger partial charge < -0.3 is 4.98 Å². The molecule has 5 rings (SSSR count). The fraction of sp³-hybridized carbons (Fsp3) is 0.423. The fourth-order valence-corrected chi connectivity index (χ4v) is 5.27. The van der Waals surface area contributed by atoms with Crippen LogP contribution in [0.2, 0.25) is 0 Å². The second-order valence-electron chi connectivity index (χ2n) is 9.42. The van der Waals surface area contributed by atoms with E-state index in [9.17, 15) is 0 Å². The number of pyridine rings is 1. The van der Waals surface area contributed by atoms with Crippen LogP contribution >= 0.6 is 0 Å². The molecule has 0 saturated carbocycles. The minimum Gasteiger partial charge on any atom is -0.354 e. The van der Waals surface area contributed by atoms with Crippen LogP contribution in [0.3, 0.4) is 0 Å². The van der Waals surface area contributed by atoms with Gasteiger partial charge in [-0.3, -0.25) is 9.25 Å². The zero-order valence-electron chi connectivity index (χ0n) is 19.3. The Morgan fingerprint density at radius 1 is 1.19 bits per heavy atom. The van der Waals surface area contributed by atoms with E-state index in [2.05, 4.69) is 77.0 Å². The lowest BCUT2D eigenvalue weighted by Gasteiger charge is -2.28. The molecule has 6 nitrogen and oxygen atoms in total. The molecule has 1 saturated heterocycles. The van der Waals surface area contributed by atoms with Gasteiger partial charge in [0.05, 0.1) is 5.69 Å². The zero-order valence-corrected chi connectivity index (χ0v) is 19.3. The molecule has 1 aliphatic heterocycles. The minimum absolute atomic E-state index is 0.394. The molecule has 32 heavy (non-hydrogen) atoms. The van der Waals surface area contributed by atoms with E-state index in [4.69, 9.17) is 6.57 Å². The summed E-state index contributed by atoms with van der Waals surface area (Å²) >= 11 is 0. The average molecular weight is 427 g/mol. The van der Waals surface area contributed by atoms with E-state index in [1.54, 1.807) is 6.33 Å². The van der Waals surface area contributed by atoms with Crippen LogP contribution < -0.4 is 0 Å². The largest absolute Gasteiger partial charge is 0.354 e. The number of fused-ring (bicyclic) bond motifs is 2. The van der Waals surface area contributed by atoms with Gasteiger partial charge in [0.1, 0.15) is 6.33 Å². The van der Waals surface area contributed by atoms with Crippen LogP contribution in [0.25, 0.3) is 32.7 Å². The Morgan fingerprint density at radius 2 is 1.97 bits per heavy atom. The first kappa shape index (κ1) is 20.7. The quantitative estimate of drug-likeness (QED) is 0.428. The summed E-state index contributed by atoms with van der Waals surface area (Å²) in [6.45, 7) is 18.5. The van der Waals surface area contributed by atoms with Crippen LogP contribution in [-0.4, -0.2) is 44.2 Å². The number of hydrogen-bond donors (Lipinski definition) is 1. The van der Waals surface area contributed by atoms with Crippen molar-refractivity contribution in [2.45, 2.75) is 52.4 Å². The Labute approximate surface area is 189 Å². The Bertz CT molecular complexity index is 1330. The second kappa shape index (κ2) is 8.07. The third-order valence-corrected chi connectivity index (χ3v) is 7.18. The molecule has 0 amide bonds. The number of H-pyrrole nitrogens is 1. The van der Waals surface area contributed by atoms with Gasteiger partial charge >= 0.3 is 0 Å². The lowest BCUT2D eigenvalue weighted by Crippen LogP contribution is -2.32. The summed E-state index contributed by atoms with van der Waals surface area (Å²) in [5, 5.41) is 9.71. The van der Waals surface area contributed by atoms with Crippen molar-refractivity contribution in [1.29, 1.82) is 0 Å². The van der Waals surface area contributed by atoms with E-state index in [1.807, 2.05) is 4.40 Å². The molecule has 164 valence electrons. The number of rotatable bonds is 4. The molecule has 1 N–H and O–H groups in total. The fourth-order valence-electron chi connectivity index (χ4n) is 5.27. The molecule has 0 radical (unpaired) electrons. The maximum Gasteiger partial charge on any atom is 0.270 e. The van der Waals surface area contributed by atoms with Crippen molar-refractivity contribution in [3.8, 4) is 11.3 Å². The first-order valence-electron chi connectivity index (χ1n) is 11.5. The van der Waals surface area contributed by atoms with Crippen molar-refractivity contribution in [2.75, 3.05) is 19.8 Å². The number of aromatic amines is 1. The number of aromatic nitrogens is 4. The predicted octanol–water partition coefficient (Wildman–Crippen LogP) is 5.67. The highest BCUT2D eigenvalue weighted by atomic mass is 15.2. The molecule has 1 aliphatic rings. The highest BCUT2D eigenvalue weighted by Gasteiger charge is 2.24. The molecule has 6 heteroatoms. The van der Waals surface area contributed by atoms with E-state index in [0.29, 0.717) is 18.5 Å². The van der Waals surface area contributed by atoms with Gasteiger partial charge in [0, 0.05) is 35.8 Å². The Hall–Kier alpha value is -3.17. The van der Waals surface area contributed by atoms with Crippen LogP contribution in [0.15, 0.2) is 30.7 Å². The van der Waals surface area contributed by atoms with Crippen LogP contribution in [0.1, 0.15) is 60.8 Å². The zero-order chi connectivity index (χ0) is 22.4. The number of piperidine rings is 1. The predicted molar refractivity (Wildman–Crippen MR) is 129 cm³/mol. The van der Waals surface area contributed by atoms with Crippen molar-refractivity contribution in [3.63, 3.8) is 0 Å². The number of aryl methyl sites for hydroxylation is 1. The van der Waals surface area contributed by atoms with Crippen LogP contribution in [0.4, 0.5) is 0 Å². The normalized spacial score (nSPS) is 15.8. The van der Waals surface area contributed by atoms with E-state index >= 15 is 0 Å². The van der Waals surface area contributed by atoms with Crippen LogP contribution in [0, 0.1) is 20.4 Å². The molecule has 0 bridgehead atoms. The molecule has 0 spiro atoms. The molecule has 0 aliphatic carbocycles. The summed E-state index contributed by atoms with van der Waals surface area (Å²) in [5.41, 5.74) is 9.74. The Kier molecular flexibility index (Phi) is 5.22. The van der Waals surface area contributed by atoms with Crippen molar-refractivity contribution < 1.29 is 0 Å². The number of nitrogens with zero attached hydrogens (tertiary/aromatic N) is 5. The van der Waals surface area contributed by atoms with Gasteiger partial charge in [-0.25, -0.2) is 11.5 Å². The summed E-state index contributed by atoms with van der Waals surface area (Å²) in [4.78, 5) is 9.56. The topological polar surface area (TPSA) is 53.6 Å². The minimum atomic E-state index is 0.394. The first-order chi connectivity index (χ1) is 15.5. The highest BCUT2D eigenvalue weighted by molar-refractivity contribution is 5.92. The SMILES string of the molecule is [C-]#[N+]CN1CCC(c2ccc3[nH]c(-c4cn5cnnc5c(C)c4C)c(C(C)C)c3c2)CC1. The smallest absolute Gasteiger partial charge is 0.270 e. The first-order valence-corrected chi connectivity index (χ1v) is 11.5. The lowest BCUT2D eigenvalue weighted by atomic mass is 9.87. The van der Waals surface area contributed by atoms with Gasteiger partial charge in [-0.2, -0.15) is 0 Å². The van der Waals surface area contributed by atoms with Crippen molar-refractivity contribution in [3.05, 3.63) is 64.4 Å². The number of hydrogen-bond acceptors (Lipinski definition) is 3. The molecule has 4 aromatic rings. The standard InChI is InChI=1S/C26H30N6/c1-16(2)24-21-12-20(19-8-10-31(11-9-19)14-27-5)6-7-23(21)29-25(24)22-13-32-15-28-30-26(32)18(4)17(22)3/h6-7,12-13,15-16,19,29H,8-11,14H2,1-4H3. The van der Waals surface area contributed by atoms with E-state index in [-0.39, 0.29) is 0 Å². The van der Waals surface area contributed by atoms with Crippen molar-refractivity contribution in [1.82, 2.24) is 24.5 Å². The Morgan fingerprint density at radius 3 is 2.69 bits per heavy atom. The van der Waals surface area contributed by atoms with Crippen LogP contribution in [-0.2, 0) is 0 Å². The lowest BCUT2D eigenvalue weighted by molar-refractivity contribution is 0.232. The summed E-state index contributed by atoms with van der Waals surface area (Å²) in [6, 6.07) is 6.97. The van der Waals surface area contributed by atoms with E-state index < -0.39 is 0 Å². The molecular formula is C26H30N6. The third-order valence-electron chi connectivity index (χ3n) is 7.18. The molecule has 1 fully saturated rings. The van der Waals surface area contributed by atoms with Gasteiger partial charge in [-0.05, 0) is 72.9 Å². The van der Waals surface area contributed by atoms with Crippen LogP contribution in [0.5, 0.6) is 0 Å². The van der Waals surface area contributed by atoms with Gasteiger partial charge in [-0.15, -0.1) is 10.2 Å². The summed E-state index contributed by atoms with van der Waals surface area (Å²) in [7, 11) is 0. The molecule has 0 atom stereocenters. The van der Waals surface area contributed by atoms with E-state index in [1.165, 1.54) is 44.4 Å². The van der Waals surface area contributed by atoms with Gasteiger partial charge in [0.2, 0.25) is 0 Å². The average Bonchev–Trinajstić information content (AvgIpc) is 3.41. The number of nitrogens with one attached hydrogen (secondary N) is 1. The number of likely N-dealkylation sites (tertiary alicyclic amines) is 1. The maximum absolute atomic E-state index is 7.12. The highest BCUT2D eigenvalue weighted by Crippen LogP contribution is 2.39. The maximum atomic E-state index is 7.12. The van der Waals surface area contributed by atoms with Gasteiger partial charge in [-0.1, -0.05) is 19.9 Å². The monoisotopic (exact) mass is 426 g/mol. The molecule has 1 aromatic carbocycles. The third kappa shape index (κ3) is 3.37. The Balaban J connectivity index is 1.59. The van der Waals surface area contributed by atoms with Gasteiger partial charge in [0.15, 0.2) is 5.65 Å². The second-order valence-corrected chi connectivity index (χ2v) is 9.42.